The molecule has 2 heteroatoms. The van der Waals surface area contributed by atoms with Crippen molar-refractivity contribution >= 4 is 5.78 Å². The van der Waals surface area contributed by atoms with E-state index < -0.39 is 0 Å². The lowest BCUT2D eigenvalue weighted by molar-refractivity contribution is -0.117. The maximum Gasteiger partial charge on any atom is 0.155 e. The van der Waals surface area contributed by atoms with E-state index in [0.717, 1.165) is 43.9 Å². The zero-order valence-electron chi connectivity index (χ0n) is 15.0. The average Bonchev–Trinajstić information content (AvgIpc) is 2.77. The first-order valence-electron chi connectivity index (χ1n) is 9.82. The van der Waals surface area contributed by atoms with E-state index >= 15 is 0 Å². The highest BCUT2D eigenvalue weighted by atomic mass is 16.3. The zero-order chi connectivity index (χ0) is 16.4. The molecule has 23 heavy (non-hydrogen) atoms. The third-order valence-corrected chi connectivity index (χ3v) is 8.65. The molecule has 0 heterocycles. The van der Waals surface area contributed by atoms with Crippen LogP contribution in [0.4, 0.5) is 0 Å². The van der Waals surface area contributed by atoms with Crippen molar-refractivity contribution < 1.29 is 9.90 Å². The van der Waals surface area contributed by atoms with E-state index in [4.69, 9.17) is 0 Å². The molecule has 3 saturated carbocycles. The molecule has 7 atom stereocenters. The Balaban J connectivity index is 1.68. The summed E-state index contributed by atoms with van der Waals surface area (Å²) in [5, 5.41) is 10.7. The van der Waals surface area contributed by atoms with Crippen LogP contribution in [0.1, 0.15) is 72.1 Å². The van der Waals surface area contributed by atoms with Crippen molar-refractivity contribution in [1.82, 2.24) is 0 Å². The molecule has 0 spiro atoms. The van der Waals surface area contributed by atoms with E-state index in [-0.39, 0.29) is 11.5 Å². The third kappa shape index (κ3) is 2.06. The van der Waals surface area contributed by atoms with Gasteiger partial charge in [0, 0.05) is 6.42 Å². The van der Waals surface area contributed by atoms with Crippen molar-refractivity contribution in [3.63, 3.8) is 0 Å². The molecule has 4 aliphatic rings. The Labute approximate surface area is 140 Å². The Morgan fingerprint density at radius 3 is 2.70 bits per heavy atom. The van der Waals surface area contributed by atoms with E-state index in [9.17, 15) is 9.90 Å². The molecule has 2 nitrogen and oxygen atoms in total. The summed E-state index contributed by atoms with van der Waals surface area (Å²) in [5.74, 6) is 3.02. The van der Waals surface area contributed by atoms with E-state index in [1.165, 1.54) is 24.8 Å². The predicted molar refractivity (Wildman–Crippen MR) is 91.9 cm³/mol. The molecule has 3 fully saturated rings. The van der Waals surface area contributed by atoms with Crippen molar-refractivity contribution in [2.75, 3.05) is 0 Å². The van der Waals surface area contributed by atoms with Gasteiger partial charge in [-0.1, -0.05) is 32.8 Å². The zero-order valence-corrected chi connectivity index (χ0v) is 15.0. The van der Waals surface area contributed by atoms with Crippen LogP contribution in [-0.4, -0.2) is 17.0 Å². The number of aliphatic hydroxyl groups is 1. The molecular formula is C21H32O2. The van der Waals surface area contributed by atoms with Gasteiger partial charge in [0.05, 0.1) is 6.10 Å². The van der Waals surface area contributed by atoms with Crippen LogP contribution in [-0.2, 0) is 4.79 Å². The molecule has 128 valence electrons. The molecule has 0 aromatic rings. The number of ketones is 1. The molecule has 0 unspecified atom stereocenters. The van der Waals surface area contributed by atoms with Crippen LogP contribution in [0.2, 0.25) is 0 Å². The quantitative estimate of drug-likeness (QED) is 0.772. The van der Waals surface area contributed by atoms with Gasteiger partial charge >= 0.3 is 0 Å². The Bertz CT molecular complexity index is 550. The fourth-order valence-electron chi connectivity index (χ4n) is 7.41. The van der Waals surface area contributed by atoms with Gasteiger partial charge in [-0.3, -0.25) is 4.79 Å². The standard InChI is InChI=1S/C21H32O2/c1-4-16-19(23)12-18-15-6-5-13-11-14(22)7-9-20(13,2)17(15)8-10-21(16,18)3/h11,15-19,23H,4-10,12H2,1-3H3/t15-,16-,17+,18+,19+,20-,21+/m0/s1. The van der Waals surface area contributed by atoms with Crippen molar-refractivity contribution in [1.29, 1.82) is 0 Å². The fourth-order valence-corrected chi connectivity index (χ4v) is 7.41. The van der Waals surface area contributed by atoms with Gasteiger partial charge in [0.15, 0.2) is 5.78 Å². The molecule has 0 aromatic carbocycles. The van der Waals surface area contributed by atoms with Gasteiger partial charge in [0.25, 0.3) is 0 Å². The van der Waals surface area contributed by atoms with Gasteiger partial charge in [0.2, 0.25) is 0 Å². The summed E-state index contributed by atoms with van der Waals surface area (Å²) >= 11 is 0. The molecule has 0 aromatic heterocycles. The number of carbonyl (C=O) groups excluding carboxylic acids is 1. The summed E-state index contributed by atoms with van der Waals surface area (Å²) in [7, 11) is 0. The minimum Gasteiger partial charge on any atom is -0.393 e. The Hall–Kier alpha value is -0.630. The molecule has 0 saturated heterocycles. The van der Waals surface area contributed by atoms with E-state index in [1.54, 1.807) is 0 Å². The predicted octanol–water partition coefficient (Wildman–Crippen LogP) is 4.52. The minimum absolute atomic E-state index is 0.0913. The number of aliphatic hydroxyl groups excluding tert-OH is 1. The van der Waals surface area contributed by atoms with Gasteiger partial charge < -0.3 is 5.11 Å². The van der Waals surface area contributed by atoms with Gasteiger partial charge in [-0.05, 0) is 79.1 Å². The summed E-state index contributed by atoms with van der Waals surface area (Å²) in [6.45, 7) is 7.16. The van der Waals surface area contributed by atoms with Gasteiger partial charge in [0.1, 0.15) is 0 Å². The smallest absolute Gasteiger partial charge is 0.155 e. The third-order valence-electron chi connectivity index (χ3n) is 8.65. The Morgan fingerprint density at radius 2 is 1.96 bits per heavy atom. The molecule has 0 bridgehead atoms. The van der Waals surface area contributed by atoms with Crippen molar-refractivity contribution in [2.45, 2.75) is 78.2 Å². The van der Waals surface area contributed by atoms with Crippen LogP contribution >= 0.6 is 0 Å². The summed E-state index contributed by atoms with van der Waals surface area (Å²) < 4.78 is 0. The number of fused-ring (bicyclic) bond motifs is 5. The highest BCUT2D eigenvalue weighted by Gasteiger charge is 2.60. The van der Waals surface area contributed by atoms with Crippen LogP contribution < -0.4 is 0 Å². The lowest BCUT2D eigenvalue weighted by Crippen LogP contribution is -2.50. The number of hydrogen-bond donors (Lipinski definition) is 1. The highest BCUT2D eigenvalue weighted by Crippen LogP contribution is 2.66. The van der Waals surface area contributed by atoms with Crippen molar-refractivity contribution in [2.24, 2.45) is 34.5 Å². The maximum atomic E-state index is 11.9. The second kappa shape index (κ2) is 5.18. The van der Waals surface area contributed by atoms with Gasteiger partial charge in [-0.2, -0.15) is 0 Å². The molecule has 0 amide bonds. The van der Waals surface area contributed by atoms with Crippen LogP contribution in [0.15, 0.2) is 11.6 Å². The van der Waals surface area contributed by atoms with Gasteiger partial charge in [-0.15, -0.1) is 0 Å². The first kappa shape index (κ1) is 15.9. The fraction of sp³-hybridized carbons (Fsp3) is 0.857. The van der Waals surface area contributed by atoms with Crippen LogP contribution in [0, 0.1) is 34.5 Å². The van der Waals surface area contributed by atoms with E-state index in [2.05, 4.69) is 20.8 Å². The van der Waals surface area contributed by atoms with E-state index in [1.807, 2.05) is 6.08 Å². The largest absolute Gasteiger partial charge is 0.393 e. The summed E-state index contributed by atoms with van der Waals surface area (Å²) in [6.07, 6.45) is 10.7. The van der Waals surface area contributed by atoms with Crippen molar-refractivity contribution in [3.8, 4) is 0 Å². The SMILES string of the molecule is CC[C@H]1[C@H](O)C[C@@H]2[C@H]3CCC4=CC(=O)CC[C@]4(C)[C@@H]3CC[C@@]21C. The summed E-state index contributed by atoms with van der Waals surface area (Å²) in [5.41, 5.74) is 2.05. The lowest BCUT2D eigenvalue weighted by atomic mass is 9.47. The normalized spacial score (nSPS) is 52.4. The van der Waals surface area contributed by atoms with Gasteiger partial charge in [-0.25, -0.2) is 0 Å². The highest BCUT2D eigenvalue weighted by molar-refractivity contribution is 5.91. The number of allylic oxidation sites excluding steroid dienone is 1. The minimum atomic E-state index is -0.0913. The second-order valence-corrected chi connectivity index (χ2v) is 9.33. The molecule has 0 aliphatic heterocycles. The average molecular weight is 316 g/mol. The summed E-state index contributed by atoms with van der Waals surface area (Å²) in [6, 6.07) is 0. The maximum absolute atomic E-state index is 11.9. The summed E-state index contributed by atoms with van der Waals surface area (Å²) in [4.78, 5) is 11.9. The van der Waals surface area contributed by atoms with Crippen LogP contribution in [0.5, 0.6) is 0 Å². The Morgan fingerprint density at radius 1 is 1.17 bits per heavy atom. The number of hydrogen-bond acceptors (Lipinski definition) is 2. The Kier molecular flexibility index (Phi) is 3.58. The number of carbonyl (C=O) groups is 1. The van der Waals surface area contributed by atoms with Crippen LogP contribution in [0.25, 0.3) is 0 Å². The molecular weight excluding hydrogens is 284 g/mol. The molecule has 0 radical (unpaired) electrons. The second-order valence-electron chi connectivity index (χ2n) is 9.33. The molecule has 4 rings (SSSR count). The lowest BCUT2D eigenvalue weighted by Gasteiger charge is -2.58. The topological polar surface area (TPSA) is 37.3 Å². The molecule has 1 N–H and O–H groups in total. The van der Waals surface area contributed by atoms with Crippen molar-refractivity contribution in [3.05, 3.63) is 11.6 Å². The first-order valence-corrected chi connectivity index (χ1v) is 9.82. The number of rotatable bonds is 1. The van der Waals surface area contributed by atoms with Crippen LogP contribution in [0.3, 0.4) is 0 Å². The van der Waals surface area contributed by atoms with E-state index in [0.29, 0.717) is 23.0 Å². The monoisotopic (exact) mass is 316 g/mol. The first-order chi connectivity index (χ1) is 10.9. The molecule has 4 aliphatic carbocycles.